The first kappa shape index (κ1) is 27.4. The Morgan fingerprint density at radius 1 is 1.40 bits per heavy atom. The molecule has 1 aromatic heterocycles. The average Bonchev–Trinajstić information content (AvgIpc) is 3.02. The monoisotopic (exact) mass is 655 g/mol. The molecule has 14 heteroatoms. The number of halogens is 1. The van der Waals surface area contributed by atoms with Crippen LogP contribution < -0.4 is 11.4 Å². The normalized spacial score (nSPS) is 30.8. The van der Waals surface area contributed by atoms with E-state index >= 15 is 0 Å². The minimum atomic E-state index is -3.97. The molecule has 2 fully saturated rings. The summed E-state index contributed by atoms with van der Waals surface area (Å²) in [7, 11) is -0.535. The molecule has 192 valence electrons. The Labute approximate surface area is 224 Å². The van der Waals surface area contributed by atoms with E-state index in [-0.39, 0.29) is 21.8 Å². The fourth-order valence-corrected chi connectivity index (χ4v) is 8.08. The van der Waals surface area contributed by atoms with Gasteiger partial charge in [0, 0.05) is 11.1 Å². The largest absolute Gasteiger partial charge is 0.475 e. The third-order valence-electron chi connectivity index (χ3n) is 5.38. The van der Waals surface area contributed by atoms with Crippen LogP contribution in [0.4, 0.5) is 5.82 Å². The smallest absolute Gasteiger partial charge is 0.383 e. The number of rotatable bonds is 8. The molecule has 2 aliphatic heterocycles. The Balaban J connectivity index is 1.41. The number of hydrogen-bond acceptors (Lipinski definition) is 11. The number of fused-ring (bicyclic) bond motifs is 1. The second-order valence-corrected chi connectivity index (χ2v) is 16.6. The summed E-state index contributed by atoms with van der Waals surface area (Å²) in [6.07, 6.45) is -1.04. The third kappa shape index (κ3) is 6.44. The molecule has 2 aromatic rings. The fraction of sp³-hybridized carbons (Fsp3) is 0.524. The van der Waals surface area contributed by atoms with Crippen molar-refractivity contribution in [3.8, 4) is 0 Å². The first-order valence-corrected chi connectivity index (χ1v) is 15.5. The molecule has 3 heterocycles. The van der Waals surface area contributed by atoms with Crippen molar-refractivity contribution in [2.24, 2.45) is 0 Å². The van der Waals surface area contributed by atoms with Crippen molar-refractivity contribution in [3.63, 3.8) is 0 Å². The number of nitrogens with two attached hydrogens (primary N) is 1. The van der Waals surface area contributed by atoms with E-state index in [0.717, 1.165) is 15.0 Å². The first-order chi connectivity index (χ1) is 16.4. The maximum absolute atomic E-state index is 13.2. The van der Waals surface area contributed by atoms with Crippen LogP contribution in [0.2, 0.25) is 0 Å². The van der Waals surface area contributed by atoms with Gasteiger partial charge < -0.3 is 15.6 Å². The number of phosphoric acid groups is 1. The lowest BCUT2D eigenvalue weighted by Gasteiger charge is -2.35. The molecule has 5 atom stereocenters. The van der Waals surface area contributed by atoms with Crippen LogP contribution in [0.25, 0.3) is 0 Å². The van der Waals surface area contributed by atoms with Gasteiger partial charge in [0.05, 0.1) is 16.0 Å². The van der Waals surface area contributed by atoms with Gasteiger partial charge in [-0.15, -0.1) is 0 Å². The van der Waals surface area contributed by atoms with Gasteiger partial charge in [-0.25, -0.2) is 9.36 Å². The van der Waals surface area contributed by atoms with Crippen LogP contribution in [0.1, 0.15) is 32.6 Å². The SMILES string of the molecule is CC(C)(I)SSc1ccccc1CCOP1(=O)OC[C@H]2O[C@@H](n3ccc(N)nc3=O)[C@](C)(O)[C@@H]2O1. The van der Waals surface area contributed by atoms with Gasteiger partial charge in [-0.3, -0.25) is 18.1 Å². The number of aromatic nitrogens is 2. The maximum Gasteiger partial charge on any atom is 0.475 e. The average molecular weight is 655 g/mol. The molecule has 1 unspecified atom stereocenters. The zero-order valence-electron chi connectivity index (χ0n) is 19.3. The molecule has 4 rings (SSSR count). The number of phosphoric ester groups is 1. The Morgan fingerprint density at radius 3 is 2.86 bits per heavy atom. The fourth-order valence-electron chi connectivity index (χ4n) is 3.75. The van der Waals surface area contributed by atoms with Crippen LogP contribution >= 0.6 is 52.0 Å². The summed E-state index contributed by atoms with van der Waals surface area (Å²) in [5, 5.41) is 11.2. The van der Waals surface area contributed by atoms with Gasteiger partial charge in [0.1, 0.15) is 23.6 Å². The van der Waals surface area contributed by atoms with Crippen molar-refractivity contribution in [2.45, 2.75) is 58.9 Å². The zero-order chi connectivity index (χ0) is 25.4. The number of aliphatic hydroxyl groups is 1. The van der Waals surface area contributed by atoms with E-state index in [1.165, 1.54) is 19.2 Å². The Kier molecular flexibility index (Phi) is 8.31. The number of ether oxygens (including phenoxy) is 1. The van der Waals surface area contributed by atoms with Crippen LogP contribution in [-0.2, 0) is 29.3 Å². The lowest BCUT2D eigenvalue weighted by atomic mass is 9.96. The Hall–Kier alpha value is -0.640. The number of hydrogen-bond donors (Lipinski definition) is 2. The molecule has 0 radical (unpaired) electrons. The minimum Gasteiger partial charge on any atom is -0.383 e. The summed E-state index contributed by atoms with van der Waals surface area (Å²) >= 11 is 2.39. The van der Waals surface area contributed by atoms with Gasteiger partial charge in [-0.05, 0) is 44.9 Å². The van der Waals surface area contributed by atoms with E-state index in [2.05, 4.69) is 41.4 Å². The van der Waals surface area contributed by atoms with E-state index in [1.807, 2.05) is 24.3 Å². The molecule has 35 heavy (non-hydrogen) atoms. The molecular formula is C21H27IN3O7PS2. The quantitative estimate of drug-likeness (QED) is 0.184. The summed E-state index contributed by atoms with van der Waals surface area (Å²) in [5.74, 6) is 0.0513. The Bertz CT molecular complexity index is 1180. The van der Waals surface area contributed by atoms with E-state index < -0.39 is 37.5 Å². The highest BCUT2D eigenvalue weighted by Gasteiger charge is 2.60. The number of nitrogens with zero attached hydrogens (tertiary/aromatic N) is 2. The molecule has 3 N–H and O–H groups in total. The van der Waals surface area contributed by atoms with Gasteiger partial charge in [0.25, 0.3) is 0 Å². The molecule has 10 nitrogen and oxygen atoms in total. The van der Waals surface area contributed by atoms with Gasteiger partial charge in [-0.1, -0.05) is 62.4 Å². The second-order valence-electron chi connectivity index (χ2n) is 8.78. The molecule has 1 aromatic carbocycles. The van der Waals surface area contributed by atoms with E-state index in [9.17, 15) is 14.5 Å². The summed E-state index contributed by atoms with van der Waals surface area (Å²) < 4.78 is 36.9. The first-order valence-electron chi connectivity index (χ1n) is 10.8. The van der Waals surface area contributed by atoms with Crippen LogP contribution in [-0.4, -0.2) is 48.4 Å². The van der Waals surface area contributed by atoms with Crippen molar-refractivity contribution in [3.05, 3.63) is 52.6 Å². The highest BCUT2D eigenvalue weighted by molar-refractivity contribution is 14.1. The van der Waals surface area contributed by atoms with Gasteiger partial charge >= 0.3 is 13.5 Å². The van der Waals surface area contributed by atoms with Gasteiger partial charge in [0.2, 0.25) is 0 Å². The molecule has 0 amide bonds. The van der Waals surface area contributed by atoms with E-state index in [4.69, 9.17) is 24.0 Å². The number of alkyl halides is 1. The number of nitrogen functional groups attached to an aromatic ring is 1. The number of benzene rings is 1. The third-order valence-corrected chi connectivity index (χ3v) is 11.5. The molecule has 0 bridgehead atoms. The lowest BCUT2D eigenvalue weighted by molar-refractivity contribution is -0.0940. The van der Waals surface area contributed by atoms with Crippen LogP contribution in [0, 0.1) is 0 Å². The lowest BCUT2D eigenvalue weighted by Crippen LogP contribution is -2.49. The highest BCUT2D eigenvalue weighted by atomic mass is 127. The van der Waals surface area contributed by atoms with Crippen molar-refractivity contribution < 1.29 is 28.0 Å². The standard InChI is InChI=1S/C21H27IN3O7PS2/c1-20(2,22)35-34-15-7-5-4-6-13(15)9-11-29-33(28)30-12-14-17(32-33)21(3,27)18(31-14)25-10-8-16(23)24-19(25)26/h4-8,10,14,17-18,27H,9,11-12H2,1-3H3,(H2,23,24,26)/t14-,17-,18-,21-,33?/m1/s1. The van der Waals surface area contributed by atoms with Gasteiger partial charge in [0.15, 0.2) is 6.23 Å². The minimum absolute atomic E-state index is 0.0513. The van der Waals surface area contributed by atoms with E-state index in [1.54, 1.807) is 21.6 Å². The van der Waals surface area contributed by atoms with Crippen molar-refractivity contribution in [2.75, 3.05) is 18.9 Å². The highest BCUT2D eigenvalue weighted by Crippen LogP contribution is 2.58. The summed E-state index contributed by atoms with van der Waals surface area (Å²) in [6.45, 7) is 5.69. The maximum atomic E-state index is 13.2. The summed E-state index contributed by atoms with van der Waals surface area (Å²) in [6, 6.07) is 9.38. The van der Waals surface area contributed by atoms with Crippen LogP contribution in [0.5, 0.6) is 0 Å². The predicted molar refractivity (Wildman–Crippen MR) is 144 cm³/mol. The van der Waals surface area contributed by atoms with Crippen LogP contribution in [0.15, 0.2) is 46.2 Å². The van der Waals surface area contributed by atoms with Crippen LogP contribution in [0.3, 0.4) is 0 Å². The molecular weight excluding hydrogens is 628 g/mol. The summed E-state index contributed by atoms with van der Waals surface area (Å²) in [4.78, 5) is 17.1. The van der Waals surface area contributed by atoms with E-state index in [0.29, 0.717) is 6.42 Å². The van der Waals surface area contributed by atoms with Crippen molar-refractivity contribution >= 4 is 57.8 Å². The molecule has 2 aliphatic rings. The summed E-state index contributed by atoms with van der Waals surface area (Å²) in [5.41, 5.74) is 4.21. The zero-order valence-corrected chi connectivity index (χ0v) is 24.0. The van der Waals surface area contributed by atoms with Crippen molar-refractivity contribution in [1.82, 2.24) is 9.55 Å². The van der Waals surface area contributed by atoms with Crippen molar-refractivity contribution in [1.29, 1.82) is 0 Å². The topological polar surface area (TPSA) is 135 Å². The number of anilines is 1. The molecule has 0 spiro atoms. The molecule has 0 saturated carbocycles. The molecule has 0 aliphatic carbocycles. The van der Waals surface area contributed by atoms with Gasteiger partial charge in [-0.2, -0.15) is 4.98 Å². The second kappa shape index (κ2) is 10.6. The predicted octanol–water partition coefficient (Wildman–Crippen LogP) is 4.17. The Morgan fingerprint density at radius 2 is 2.14 bits per heavy atom. The molecule has 2 saturated heterocycles.